The average Bonchev–Trinajstić information content (AvgIpc) is 0.755. The van der Waals surface area contributed by atoms with Crippen LogP contribution in [0.5, 0.6) is 0 Å². The number of hydrogen-bond acceptors (Lipinski definition) is 8. The van der Waals surface area contributed by atoms with E-state index in [1.54, 1.807) is 0 Å². The predicted octanol–water partition coefficient (Wildman–Crippen LogP) is 28.2. The smallest absolute Gasteiger partial charge is 0.164 e. The molecule has 552 valence electrons. The van der Waals surface area contributed by atoms with Crippen LogP contribution in [0.1, 0.15) is 0 Å². The van der Waals surface area contributed by atoms with Gasteiger partial charge in [0, 0.05) is 55.3 Å². The van der Waals surface area contributed by atoms with E-state index >= 15 is 0 Å². The van der Waals surface area contributed by atoms with Gasteiger partial charge in [-0.15, -0.1) is 0 Å². The van der Waals surface area contributed by atoms with Crippen molar-refractivity contribution < 1.29 is 0 Å². The summed E-state index contributed by atoms with van der Waals surface area (Å²) >= 11 is 0. The van der Waals surface area contributed by atoms with E-state index in [-0.39, 0.29) is 0 Å². The van der Waals surface area contributed by atoms with Crippen molar-refractivity contribution in [3.63, 3.8) is 0 Å². The monoisotopic (exact) mass is 1500 g/mol. The molecule has 0 bridgehead atoms. The molecule has 0 atom stereocenters. The molecule has 21 rings (SSSR count). The molecule has 0 fully saturated rings. The van der Waals surface area contributed by atoms with Crippen molar-refractivity contribution in [2.75, 3.05) is 0 Å². The van der Waals surface area contributed by atoms with E-state index in [1.165, 1.54) is 38.2 Å². The summed E-state index contributed by atoms with van der Waals surface area (Å²) in [5.74, 6) is 3.78. The van der Waals surface area contributed by atoms with E-state index in [0.717, 1.165) is 139 Å². The Bertz CT molecular complexity index is 7100. The van der Waals surface area contributed by atoms with Crippen LogP contribution in [0.25, 0.3) is 212 Å². The topological polar surface area (TPSA) is 103 Å². The molecule has 0 aliphatic carbocycles. The molecular formula is C110H72N8. The van der Waals surface area contributed by atoms with Crippen molar-refractivity contribution in [3.8, 4) is 169 Å². The van der Waals surface area contributed by atoms with Gasteiger partial charge in [-0.25, -0.2) is 39.9 Å². The summed E-state index contributed by atoms with van der Waals surface area (Å²) in [6.07, 6.45) is 0. The molecule has 21 aromatic rings. The standard InChI is InChI=1S/C58H38N4.C52H34N4/c1-4-13-39(14-5-1)41-23-29-46(30-24-41)56-60-57(47-31-25-42(26-32-47)40-15-6-2-7-16-40)62-58(61-56)48-33-27-43(28-34-48)49-20-12-21-50(37-49)52-38-54(45-18-8-3-9-19-45)59-53-36-35-44-17-10-11-22-51(44)55(52)53;1-4-13-35(14-5-1)36-23-27-41(28-24-36)51-54-50(40-18-8-3-9-19-40)55-52(56-51)42-29-25-37(26-30-42)43-20-12-21-44(33-43)46-34-48(39-16-6-2-7-17-39)53-47-32-31-38-15-10-11-22-45(38)49(46)47/h1-38H;1-34H. The summed E-state index contributed by atoms with van der Waals surface area (Å²) in [6.45, 7) is 0. The molecule has 0 amide bonds. The lowest BCUT2D eigenvalue weighted by atomic mass is 9.92. The van der Waals surface area contributed by atoms with Crippen LogP contribution in [0.4, 0.5) is 0 Å². The van der Waals surface area contributed by atoms with Gasteiger partial charge < -0.3 is 0 Å². The number of rotatable bonds is 15. The van der Waals surface area contributed by atoms with Crippen LogP contribution in [-0.4, -0.2) is 39.9 Å². The molecule has 0 aliphatic rings. The van der Waals surface area contributed by atoms with E-state index in [0.29, 0.717) is 34.9 Å². The molecule has 8 heteroatoms. The van der Waals surface area contributed by atoms with Gasteiger partial charge in [0.2, 0.25) is 0 Å². The second-order valence-corrected chi connectivity index (χ2v) is 29.3. The van der Waals surface area contributed by atoms with E-state index in [2.05, 4.69) is 376 Å². The molecule has 4 heterocycles. The van der Waals surface area contributed by atoms with Crippen molar-refractivity contribution in [3.05, 3.63) is 437 Å². The first-order valence-corrected chi connectivity index (χ1v) is 39.7. The van der Waals surface area contributed by atoms with E-state index < -0.39 is 0 Å². The maximum atomic E-state index is 5.17. The Kier molecular flexibility index (Phi) is 19.3. The van der Waals surface area contributed by atoms with Gasteiger partial charge in [-0.3, -0.25) is 0 Å². The Balaban J connectivity index is 0.000000152. The minimum absolute atomic E-state index is 0.619. The molecule has 0 saturated carbocycles. The molecule has 0 N–H and O–H groups in total. The number of pyridine rings is 2. The first kappa shape index (κ1) is 71.2. The Hall–Kier alpha value is -15.9. The number of hydrogen-bond donors (Lipinski definition) is 0. The van der Waals surface area contributed by atoms with Crippen LogP contribution in [0.2, 0.25) is 0 Å². The highest BCUT2D eigenvalue weighted by Crippen LogP contribution is 2.42. The summed E-state index contributed by atoms with van der Waals surface area (Å²) in [5.41, 5.74) is 27.6. The predicted molar refractivity (Wildman–Crippen MR) is 487 cm³/mol. The van der Waals surface area contributed by atoms with Crippen LogP contribution in [0, 0.1) is 0 Å². The lowest BCUT2D eigenvalue weighted by Crippen LogP contribution is -2.00. The van der Waals surface area contributed by atoms with Crippen LogP contribution in [0.15, 0.2) is 437 Å². The van der Waals surface area contributed by atoms with Gasteiger partial charge in [-0.2, -0.15) is 0 Å². The van der Waals surface area contributed by atoms with Crippen LogP contribution < -0.4 is 0 Å². The second-order valence-electron chi connectivity index (χ2n) is 29.3. The van der Waals surface area contributed by atoms with E-state index in [4.69, 9.17) is 39.9 Å². The Morgan fingerprint density at radius 2 is 0.339 bits per heavy atom. The van der Waals surface area contributed by atoms with E-state index in [1.807, 2.05) is 60.7 Å². The maximum absolute atomic E-state index is 5.17. The van der Waals surface area contributed by atoms with Crippen LogP contribution in [0.3, 0.4) is 0 Å². The lowest BCUT2D eigenvalue weighted by molar-refractivity contribution is 1.07. The molecular weight excluding hydrogens is 1430 g/mol. The Morgan fingerprint density at radius 1 is 0.127 bits per heavy atom. The zero-order valence-corrected chi connectivity index (χ0v) is 64.1. The van der Waals surface area contributed by atoms with Gasteiger partial charge in [-0.1, -0.05) is 400 Å². The largest absolute Gasteiger partial charge is 0.248 e. The Labute approximate surface area is 684 Å². The van der Waals surface area contributed by atoms with Crippen molar-refractivity contribution in [1.29, 1.82) is 0 Å². The van der Waals surface area contributed by atoms with Gasteiger partial charge in [0.15, 0.2) is 34.9 Å². The number of aromatic nitrogens is 8. The highest BCUT2D eigenvalue weighted by molar-refractivity contribution is 6.15. The summed E-state index contributed by atoms with van der Waals surface area (Å²) in [5, 5.41) is 7.09. The molecule has 8 nitrogen and oxygen atoms in total. The van der Waals surface area contributed by atoms with Gasteiger partial charge in [0.25, 0.3) is 0 Å². The molecule has 0 saturated heterocycles. The molecule has 0 spiro atoms. The molecule has 0 aliphatic heterocycles. The first-order valence-electron chi connectivity index (χ1n) is 39.7. The van der Waals surface area contributed by atoms with Crippen LogP contribution >= 0.6 is 0 Å². The van der Waals surface area contributed by atoms with Crippen molar-refractivity contribution in [1.82, 2.24) is 39.9 Å². The quantitative estimate of drug-likeness (QED) is 0.0935. The summed E-state index contributed by atoms with van der Waals surface area (Å²) < 4.78 is 0. The number of nitrogens with zero attached hydrogens (tertiary/aromatic N) is 8. The molecule has 17 aromatic carbocycles. The molecule has 0 unspecified atom stereocenters. The van der Waals surface area contributed by atoms with Gasteiger partial charge in [0.05, 0.1) is 22.4 Å². The summed E-state index contributed by atoms with van der Waals surface area (Å²) in [7, 11) is 0. The zero-order valence-electron chi connectivity index (χ0n) is 64.1. The highest BCUT2D eigenvalue weighted by atomic mass is 15.0. The third kappa shape index (κ3) is 14.8. The molecule has 0 radical (unpaired) electrons. The normalized spacial score (nSPS) is 11.2. The van der Waals surface area contributed by atoms with E-state index in [9.17, 15) is 0 Å². The average molecular weight is 1510 g/mol. The SMILES string of the molecule is c1ccc(-c2ccc(-c3nc(-c4ccc(-c5ccccc5)cc4)nc(-c4ccc(-c5cccc(-c6cc(-c7ccccc7)nc7ccc8ccccc8c67)c5)cc4)n3)cc2)cc1.c1ccc(-c2ccc(-c3nc(-c4ccccc4)nc(-c4ccc(-c5cccc(-c6cc(-c7ccccc7)nc7ccc8ccccc8c67)c5)cc4)n3)cc2)cc1. The highest BCUT2D eigenvalue weighted by Gasteiger charge is 2.20. The van der Waals surface area contributed by atoms with Gasteiger partial charge >= 0.3 is 0 Å². The maximum Gasteiger partial charge on any atom is 0.164 e. The molecule has 4 aromatic heterocycles. The van der Waals surface area contributed by atoms with Gasteiger partial charge in [0.1, 0.15) is 0 Å². The summed E-state index contributed by atoms with van der Waals surface area (Å²) in [6, 6.07) is 152. The second kappa shape index (κ2) is 31.9. The first-order chi connectivity index (χ1) is 58.4. The summed E-state index contributed by atoms with van der Waals surface area (Å²) in [4.78, 5) is 40.5. The zero-order chi connectivity index (χ0) is 78.5. The fourth-order valence-electron chi connectivity index (χ4n) is 15.8. The Morgan fingerprint density at radius 3 is 0.636 bits per heavy atom. The minimum atomic E-state index is 0.619. The van der Waals surface area contributed by atoms with Crippen LogP contribution in [-0.2, 0) is 0 Å². The van der Waals surface area contributed by atoms with Crippen molar-refractivity contribution in [2.24, 2.45) is 0 Å². The number of benzene rings is 17. The fraction of sp³-hybridized carbons (Fsp3) is 0. The molecule has 118 heavy (non-hydrogen) atoms. The van der Waals surface area contributed by atoms with Gasteiger partial charge in [-0.05, 0) is 136 Å². The fourth-order valence-corrected chi connectivity index (χ4v) is 15.8. The third-order valence-electron chi connectivity index (χ3n) is 21.9. The number of fused-ring (bicyclic) bond motifs is 6. The lowest BCUT2D eigenvalue weighted by Gasteiger charge is -2.14. The minimum Gasteiger partial charge on any atom is -0.248 e. The van der Waals surface area contributed by atoms with Crippen molar-refractivity contribution >= 4 is 43.4 Å². The third-order valence-corrected chi connectivity index (χ3v) is 21.9. The van der Waals surface area contributed by atoms with Crippen molar-refractivity contribution in [2.45, 2.75) is 0 Å².